The van der Waals surface area contributed by atoms with E-state index in [1.165, 1.54) is 19.3 Å². The molecule has 0 bridgehead atoms. The lowest BCUT2D eigenvalue weighted by Crippen LogP contribution is -2.60. The van der Waals surface area contributed by atoms with E-state index >= 15 is 0 Å². The monoisotopic (exact) mass is 315 g/mol. The second-order valence-electron chi connectivity index (χ2n) is 6.87. The SMILES string of the molecule is O=C(O)C1CCC2CCCCC2N1C1CCS(=O)(=O)CC1. The minimum atomic E-state index is -2.90. The number of likely N-dealkylation sites (tertiary alicyclic amines) is 1. The van der Waals surface area contributed by atoms with E-state index < -0.39 is 21.8 Å². The van der Waals surface area contributed by atoms with Crippen LogP contribution in [0.1, 0.15) is 51.4 Å². The van der Waals surface area contributed by atoms with Crippen LogP contribution in [0.4, 0.5) is 0 Å². The summed E-state index contributed by atoms with van der Waals surface area (Å²) in [6.45, 7) is 0. The normalized spacial score (nSPS) is 37.8. The Labute approximate surface area is 126 Å². The van der Waals surface area contributed by atoms with E-state index in [-0.39, 0.29) is 17.5 Å². The fourth-order valence-corrected chi connectivity index (χ4v) is 6.09. The van der Waals surface area contributed by atoms with E-state index in [9.17, 15) is 18.3 Å². The number of hydrogen-bond donors (Lipinski definition) is 1. The van der Waals surface area contributed by atoms with Crippen molar-refractivity contribution in [3.05, 3.63) is 0 Å². The molecular formula is C15H25NO4S. The third-order valence-electron chi connectivity index (χ3n) is 5.65. The zero-order chi connectivity index (χ0) is 15.0. The van der Waals surface area contributed by atoms with Gasteiger partial charge in [-0.15, -0.1) is 0 Å². The molecule has 2 saturated heterocycles. The molecule has 0 amide bonds. The lowest BCUT2D eigenvalue weighted by Gasteiger charge is -2.51. The number of sulfone groups is 1. The molecule has 3 aliphatic rings. The van der Waals surface area contributed by atoms with Crippen LogP contribution in [-0.4, -0.2) is 54.0 Å². The number of carboxylic acid groups (broad SMARTS) is 1. The number of hydrogen-bond acceptors (Lipinski definition) is 4. The molecule has 3 rings (SSSR count). The van der Waals surface area contributed by atoms with Crippen LogP contribution in [0, 0.1) is 5.92 Å². The van der Waals surface area contributed by atoms with Crippen molar-refractivity contribution in [2.24, 2.45) is 5.92 Å². The van der Waals surface area contributed by atoms with Crippen molar-refractivity contribution >= 4 is 15.8 Å². The zero-order valence-corrected chi connectivity index (χ0v) is 13.2. The Morgan fingerprint density at radius 3 is 2.29 bits per heavy atom. The summed E-state index contributed by atoms with van der Waals surface area (Å²) >= 11 is 0. The molecular weight excluding hydrogens is 290 g/mol. The average Bonchev–Trinajstić information content (AvgIpc) is 2.46. The fraction of sp³-hybridized carbons (Fsp3) is 0.933. The molecule has 3 unspecified atom stereocenters. The number of rotatable bonds is 2. The van der Waals surface area contributed by atoms with Crippen LogP contribution in [0.5, 0.6) is 0 Å². The lowest BCUT2D eigenvalue weighted by molar-refractivity contribution is -0.150. The molecule has 0 aromatic heterocycles. The predicted octanol–water partition coefficient (Wildman–Crippen LogP) is 1.67. The van der Waals surface area contributed by atoms with Gasteiger partial charge in [0, 0.05) is 12.1 Å². The van der Waals surface area contributed by atoms with E-state index in [1.54, 1.807) is 0 Å². The number of carboxylic acids is 1. The van der Waals surface area contributed by atoms with Crippen LogP contribution in [-0.2, 0) is 14.6 Å². The van der Waals surface area contributed by atoms with Gasteiger partial charge in [0.05, 0.1) is 11.5 Å². The van der Waals surface area contributed by atoms with Gasteiger partial charge < -0.3 is 5.11 Å². The van der Waals surface area contributed by atoms with Crippen LogP contribution in [0.3, 0.4) is 0 Å². The van der Waals surface area contributed by atoms with Crippen molar-refractivity contribution < 1.29 is 18.3 Å². The minimum Gasteiger partial charge on any atom is -0.480 e. The van der Waals surface area contributed by atoms with Crippen molar-refractivity contribution in [2.45, 2.75) is 69.5 Å². The molecule has 1 N–H and O–H groups in total. The first-order valence-corrected chi connectivity index (χ1v) is 10.0. The first-order valence-electron chi connectivity index (χ1n) is 8.18. The van der Waals surface area contributed by atoms with E-state index in [0.717, 1.165) is 19.3 Å². The Kier molecular flexibility index (Phi) is 4.28. The highest BCUT2D eigenvalue weighted by Crippen LogP contribution is 2.40. The average molecular weight is 315 g/mol. The molecule has 0 aromatic carbocycles. The topological polar surface area (TPSA) is 74.7 Å². The lowest BCUT2D eigenvalue weighted by atomic mass is 9.75. The van der Waals surface area contributed by atoms with Crippen molar-refractivity contribution in [2.75, 3.05) is 11.5 Å². The van der Waals surface area contributed by atoms with Crippen LogP contribution in [0.15, 0.2) is 0 Å². The molecule has 120 valence electrons. The standard InChI is InChI=1S/C15H25NO4S/c17-15(18)14-6-5-11-3-1-2-4-13(11)16(14)12-7-9-21(19,20)10-8-12/h11-14H,1-10H2,(H,17,18). The molecule has 6 heteroatoms. The second-order valence-corrected chi connectivity index (χ2v) is 9.18. The summed E-state index contributed by atoms with van der Waals surface area (Å²) in [6, 6.07) is 0.0927. The molecule has 1 saturated carbocycles. The molecule has 3 atom stereocenters. The third kappa shape index (κ3) is 3.11. The highest BCUT2D eigenvalue weighted by atomic mass is 32.2. The smallest absolute Gasteiger partial charge is 0.320 e. The van der Waals surface area contributed by atoms with Gasteiger partial charge in [0.25, 0.3) is 0 Å². The van der Waals surface area contributed by atoms with E-state index in [1.807, 2.05) is 0 Å². The Balaban J connectivity index is 1.81. The van der Waals surface area contributed by atoms with Crippen molar-refractivity contribution in [1.82, 2.24) is 4.90 Å². The molecule has 2 aliphatic heterocycles. The van der Waals surface area contributed by atoms with E-state index in [2.05, 4.69) is 4.90 Å². The minimum absolute atomic E-state index is 0.139. The zero-order valence-electron chi connectivity index (χ0n) is 12.4. The van der Waals surface area contributed by atoms with Gasteiger partial charge in [-0.25, -0.2) is 8.42 Å². The van der Waals surface area contributed by atoms with Crippen LogP contribution in [0.2, 0.25) is 0 Å². The van der Waals surface area contributed by atoms with Crippen molar-refractivity contribution in [3.63, 3.8) is 0 Å². The summed E-state index contributed by atoms with van der Waals surface area (Å²) in [5.74, 6) is 0.329. The highest BCUT2D eigenvalue weighted by molar-refractivity contribution is 7.91. The van der Waals surface area contributed by atoms with Crippen LogP contribution in [0.25, 0.3) is 0 Å². The first kappa shape index (κ1) is 15.3. The number of fused-ring (bicyclic) bond motifs is 1. The highest BCUT2D eigenvalue weighted by Gasteiger charge is 2.45. The van der Waals surface area contributed by atoms with Gasteiger partial charge in [-0.1, -0.05) is 12.8 Å². The fourth-order valence-electron chi connectivity index (χ4n) is 4.62. The third-order valence-corrected chi connectivity index (χ3v) is 7.37. The number of piperidine rings is 1. The molecule has 0 aromatic rings. The molecule has 5 nitrogen and oxygen atoms in total. The van der Waals surface area contributed by atoms with Gasteiger partial charge in [-0.2, -0.15) is 0 Å². The summed E-state index contributed by atoms with van der Waals surface area (Å²) in [5, 5.41) is 9.57. The summed E-state index contributed by atoms with van der Waals surface area (Å²) in [7, 11) is -2.90. The Bertz CT molecular complexity index is 490. The molecule has 0 radical (unpaired) electrons. The van der Waals surface area contributed by atoms with Crippen molar-refractivity contribution in [3.8, 4) is 0 Å². The van der Waals surface area contributed by atoms with Gasteiger partial charge in [-0.3, -0.25) is 9.69 Å². The Hall–Kier alpha value is -0.620. The Morgan fingerprint density at radius 1 is 0.952 bits per heavy atom. The molecule has 3 fully saturated rings. The maximum absolute atomic E-state index is 11.6. The molecule has 0 spiro atoms. The Morgan fingerprint density at radius 2 is 1.62 bits per heavy atom. The quantitative estimate of drug-likeness (QED) is 0.839. The predicted molar refractivity (Wildman–Crippen MR) is 79.9 cm³/mol. The first-order chi connectivity index (χ1) is 9.98. The summed E-state index contributed by atoms with van der Waals surface area (Å²) in [6.07, 6.45) is 7.67. The van der Waals surface area contributed by atoms with E-state index in [0.29, 0.717) is 24.8 Å². The van der Waals surface area contributed by atoms with Crippen LogP contribution >= 0.6 is 0 Å². The molecule has 1 aliphatic carbocycles. The number of nitrogens with zero attached hydrogens (tertiary/aromatic N) is 1. The van der Waals surface area contributed by atoms with Gasteiger partial charge in [-0.05, 0) is 44.4 Å². The van der Waals surface area contributed by atoms with Gasteiger partial charge in [0.2, 0.25) is 0 Å². The number of carbonyl (C=O) groups is 1. The van der Waals surface area contributed by atoms with Gasteiger partial charge in [0.15, 0.2) is 0 Å². The molecule has 21 heavy (non-hydrogen) atoms. The number of aliphatic carboxylic acids is 1. The maximum Gasteiger partial charge on any atom is 0.320 e. The molecule has 2 heterocycles. The largest absolute Gasteiger partial charge is 0.480 e. The van der Waals surface area contributed by atoms with Gasteiger partial charge in [0.1, 0.15) is 15.9 Å². The van der Waals surface area contributed by atoms with E-state index in [4.69, 9.17) is 0 Å². The maximum atomic E-state index is 11.6. The summed E-state index contributed by atoms with van der Waals surface area (Å²) < 4.78 is 23.3. The summed E-state index contributed by atoms with van der Waals surface area (Å²) in [5.41, 5.74) is 0. The summed E-state index contributed by atoms with van der Waals surface area (Å²) in [4.78, 5) is 13.9. The van der Waals surface area contributed by atoms with Crippen LogP contribution < -0.4 is 0 Å². The van der Waals surface area contributed by atoms with Gasteiger partial charge >= 0.3 is 5.97 Å². The van der Waals surface area contributed by atoms with Crippen molar-refractivity contribution in [1.29, 1.82) is 0 Å². The second kappa shape index (κ2) is 5.88.